The van der Waals surface area contributed by atoms with E-state index in [1.165, 1.54) is 0 Å². The van der Waals surface area contributed by atoms with Crippen LogP contribution in [0, 0.1) is 11.3 Å². The molecule has 0 aromatic heterocycles. The first-order valence-electron chi connectivity index (χ1n) is 8.76. The maximum Gasteiger partial charge on any atom is 0.326 e. The van der Waals surface area contributed by atoms with Gasteiger partial charge in [0.1, 0.15) is 12.1 Å². The Kier molecular flexibility index (Phi) is 8.27. The summed E-state index contributed by atoms with van der Waals surface area (Å²) < 4.78 is 0.882. The third kappa shape index (κ3) is 7.99. The zero-order valence-corrected chi connectivity index (χ0v) is 17.9. The van der Waals surface area contributed by atoms with E-state index in [-0.39, 0.29) is 5.92 Å². The van der Waals surface area contributed by atoms with Gasteiger partial charge >= 0.3 is 12.0 Å². The van der Waals surface area contributed by atoms with Crippen molar-refractivity contribution >= 4 is 39.5 Å². The lowest BCUT2D eigenvalue weighted by atomic mass is 9.86. The van der Waals surface area contributed by atoms with E-state index in [1.807, 2.05) is 13.8 Å². The topological polar surface area (TPSA) is 108 Å². The molecule has 8 heteroatoms. The van der Waals surface area contributed by atoms with Gasteiger partial charge in [0, 0.05) is 10.2 Å². The summed E-state index contributed by atoms with van der Waals surface area (Å²) in [5.74, 6) is -1.50. The van der Waals surface area contributed by atoms with Crippen LogP contribution in [0.3, 0.4) is 0 Å². The number of halogens is 1. The molecule has 1 rings (SSSR count). The maximum absolute atomic E-state index is 12.6. The molecule has 2 atom stereocenters. The Balaban J connectivity index is 2.84. The molecule has 0 radical (unpaired) electrons. The average Bonchev–Trinajstić information content (AvgIpc) is 2.52. The molecule has 1 aromatic rings. The van der Waals surface area contributed by atoms with Crippen molar-refractivity contribution in [3.05, 3.63) is 28.7 Å². The number of carboxylic acids is 1. The fourth-order valence-electron chi connectivity index (χ4n) is 2.45. The summed E-state index contributed by atoms with van der Waals surface area (Å²) in [7, 11) is 0. The van der Waals surface area contributed by atoms with Crippen LogP contribution in [0.2, 0.25) is 0 Å². The summed E-state index contributed by atoms with van der Waals surface area (Å²) in [6.07, 6.45) is 0.385. The lowest BCUT2D eigenvalue weighted by Gasteiger charge is -2.30. The maximum atomic E-state index is 12.6. The molecule has 4 N–H and O–H groups in total. The van der Waals surface area contributed by atoms with E-state index in [1.54, 1.807) is 45.0 Å². The molecule has 7 nitrogen and oxygen atoms in total. The lowest BCUT2D eigenvalue weighted by molar-refractivity contribution is -0.145. The van der Waals surface area contributed by atoms with Gasteiger partial charge in [0.15, 0.2) is 0 Å². The minimum Gasteiger partial charge on any atom is -0.480 e. The predicted octanol–water partition coefficient (Wildman–Crippen LogP) is 3.60. The number of nitrogens with one attached hydrogen (secondary N) is 3. The zero-order chi connectivity index (χ0) is 20.8. The van der Waals surface area contributed by atoms with E-state index in [2.05, 4.69) is 31.9 Å². The van der Waals surface area contributed by atoms with Crippen LogP contribution in [-0.4, -0.2) is 35.1 Å². The number of carboxylic acid groups (broad SMARTS) is 1. The van der Waals surface area contributed by atoms with E-state index in [0.717, 1.165) is 4.47 Å². The van der Waals surface area contributed by atoms with Gasteiger partial charge in [-0.2, -0.15) is 0 Å². The first-order valence-corrected chi connectivity index (χ1v) is 9.55. The Bertz CT molecular complexity index is 669. The van der Waals surface area contributed by atoms with Crippen molar-refractivity contribution in [3.63, 3.8) is 0 Å². The Morgan fingerprint density at radius 3 is 2.07 bits per heavy atom. The molecule has 0 fully saturated rings. The number of hydrogen-bond donors (Lipinski definition) is 4. The number of rotatable bonds is 7. The number of carbonyl (C=O) groups is 3. The second-order valence-corrected chi connectivity index (χ2v) is 8.85. The van der Waals surface area contributed by atoms with Crippen LogP contribution in [0.4, 0.5) is 10.5 Å². The van der Waals surface area contributed by atoms with Gasteiger partial charge in [0.25, 0.3) is 0 Å². The molecule has 0 spiro atoms. The Labute approximate surface area is 168 Å². The minimum atomic E-state index is -1.11. The van der Waals surface area contributed by atoms with Crippen LogP contribution < -0.4 is 16.0 Å². The van der Waals surface area contributed by atoms with E-state index < -0.39 is 35.4 Å². The number of benzene rings is 1. The first kappa shape index (κ1) is 23.0. The highest BCUT2D eigenvalue weighted by molar-refractivity contribution is 9.10. The van der Waals surface area contributed by atoms with Gasteiger partial charge in [0.2, 0.25) is 5.91 Å². The number of amides is 3. The van der Waals surface area contributed by atoms with Crippen LogP contribution in [0.1, 0.15) is 41.0 Å². The van der Waals surface area contributed by atoms with Crippen LogP contribution >= 0.6 is 15.9 Å². The van der Waals surface area contributed by atoms with Crippen molar-refractivity contribution in [2.75, 3.05) is 5.32 Å². The molecule has 1 aromatic carbocycles. The molecule has 0 saturated carbocycles. The van der Waals surface area contributed by atoms with Gasteiger partial charge < -0.3 is 21.1 Å². The third-order valence-electron chi connectivity index (χ3n) is 3.83. The standard InChI is InChI=1S/C19H28BrN3O4/c1-11(2)10-14(16(24)23-15(17(25)26)19(3,4)5)22-18(27)21-13-8-6-12(20)7-9-13/h6-9,11,14-15H,10H2,1-5H3,(H,23,24)(H,25,26)(H2,21,22,27)/t14-,15?/m0/s1. The number of carbonyl (C=O) groups excluding carboxylic acids is 2. The summed E-state index contributed by atoms with van der Waals surface area (Å²) in [4.78, 5) is 36.4. The average molecular weight is 442 g/mol. The lowest BCUT2D eigenvalue weighted by Crippen LogP contribution is -2.56. The van der Waals surface area contributed by atoms with Crippen LogP contribution in [-0.2, 0) is 9.59 Å². The van der Waals surface area contributed by atoms with Crippen molar-refractivity contribution in [2.24, 2.45) is 11.3 Å². The fourth-order valence-corrected chi connectivity index (χ4v) is 2.72. The quantitative estimate of drug-likeness (QED) is 0.518. The van der Waals surface area contributed by atoms with Gasteiger partial charge in [0.05, 0.1) is 0 Å². The predicted molar refractivity (Wildman–Crippen MR) is 109 cm³/mol. The van der Waals surface area contributed by atoms with E-state index in [4.69, 9.17) is 0 Å². The SMILES string of the molecule is CC(C)C[C@H](NC(=O)Nc1ccc(Br)cc1)C(=O)NC(C(=O)O)C(C)(C)C. The molecular formula is C19H28BrN3O4. The largest absolute Gasteiger partial charge is 0.480 e. The molecular weight excluding hydrogens is 414 g/mol. The van der Waals surface area contributed by atoms with Gasteiger partial charge in [-0.25, -0.2) is 9.59 Å². The van der Waals surface area contributed by atoms with Crippen molar-refractivity contribution in [1.82, 2.24) is 10.6 Å². The highest BCUT2D eigenvalue weighted by Crippen LogP contribution is 2.20. The van der Waals surface area contributed by atoms with Crippen molar-refractivity contribution in [2.45, 2.75) is 53.1 Å². The summed E-state index contributed by atoms with van der Waals surface area (Å²) >= 11 is 3.32. The fraction of sp³-hybridized carbons (Fsp3) is 0.526. The number of urea groups is 1. The normalized spacial score (nSPS) is 13.6. The van der Waals surface area contributed by atoms with Crippen molar-refractivity contribution in [3.8, 4) is 0 Å². The van der Waals surface area contributed by atoms with E-state index in [9.17, 15) is 19.5 Å². The second-order valence-electron chi connectivity index (χ2n) is 7.93. The molecule has 150 valence electrons. The van der Waals surface area contributed by atoms with Crippen LogP contribution in [0.25, 0.3) is 0 Å². The van der Waals surface area contributed by atoms with Gasteiger partial charge in [-0.15, -0.1) is 0 Å². The molecule has 0 bridgehead atoms. The van der Waals surface area contributed by atoms with Gasteiger partial charge in [-0.3, -0.25) is 4.79 Å². The van der Waals surface area contributed by atoms with Crippen LogP contribution in [0.15, 0.2) is 28.7 Å². The summed E-state index contributed by atoms with van der Waals surface area (Å²) in [6.45, 7) is 9.05. The summed E-state index contributed by atoms with van der Waals surface area (Å²) in [5.41, 5.74) is -0.0821. The van der Waals surface area contributed by atoms with E-state index >= 15 is 0 Å². The van der Waals surface area contributed by atoms with Gasteiger partial charge in [-0.05, 0) is 42.0 Å². The number of hydrogen-bond acceptors (Lipinski definition) is 3. The molecule has 0 aliphatic heterocycles. The highest BCUT2D eigenvalue weighted by atomic mass is 79.9. The molecule has 27 heavy (non-hydrogen) atoms. The number of anilines is 1. The Morgan fingerprint density at radius 2 is 1.63 bits per heavy atom. The Morgan fingerprint density at radius 1 is 1.07 bits per heavy atom. The monoisotopic (exact) mass is 441 g/mol. The van der Waals surface area contributed by atoms with Crippen molar-refractivity contribution < 1.29 is 19.5 Å². The van der Waals surface area contributed by atoms with E-state index in [0.29, 0.717) is 12.1 Å². The Hall–Kier alpha value is -2.09. The smallest absolute Gasteiger partial charge is 0.326 e. The number of aliphatic carboxylic acids is 1. The minimum absolute atomic E-state index is 0.131. The molecule has 1 unspecified atom stereocenters. The zero-order valence-electron chi connectivity index (χ0n) is 16.3. The second kappa shape index (κ2) is 9.73. The first-order chi connectivity index (χ1) is 12.4. The van der Waals surface area contributed by atoms with Crippen LogP contribution in [0.5, 0.6) is 0 Å². The molecule has 0 heterocycles. The molecule has 0 aliphatic rings. The van der Waals surface area contributed by atoms with Gasteiger partial charge in [-0.1, -0.05) is 50.5 Å². The highest BCUT2D eigenvalue weighted by Gasteiger charge is 2.34. The molecule has 0 saturated heterocycles. The molecule has 3 amide bonds. The van der Waals surface area contributed by atoms with Crippen molar-refractivity contribution in [1.29, 1.82) is 0 Å². The third-order valence-corrected chi connectivity index (χ3v) is 4.36. The molecule has 0 aliphatic carbocycles. The summed E-state index contributed by atoms with van der Waals surface area (Å²) in [6, 6.07) is 4.59. The summed E-state index contributed by atoms with van der Waals surface area (Å²) in [5, 5.41) is 17.3.